The third kappa shape index (κ3) is 6.58. The lowest BCUT2D eigenvalue weighted by Crippen LogP contribution is -2.24. The molecule has 0 spiro atoms. The molecule has 0 unspecified atom stereocenters. The van der Waals surface area contributed by atoms with Crippen molar-refractivity contribution in [1.29, 1.82) is 0 Å². The number of carbonyl (C=O) groups is 1. The zero-order valence-electron chi connectivity index (χ0n) is 24.7. The third-order valence-corrected chi connectivity index (χ3v) is 8.00. The van der Waals surface area contributed by atoms with E-state index in [-0.39, 0.29) is 11.4 Å². The van der Waals surface area contributed by atoms with Gasteiger partial charge in [0, 0.05) is 25.3 Å². The van der Waals surface area contributed by atoms with Crippen LogP contribution in [-0.2, 0) is 29.0 Å². The van der Waals surface area contributed by atoms with E-state index in [1.165, 1.54) is 65.1 Å². The highest BCUT2D eigenvalue weighted by atomic mass is 16.5. The van der Waals surface area contributed by atoms with Crippen LogP contribution in [0.3, 0.4) is 0 Å². The molecule has 4 heterocycles. The summed E-state index contributed by atoms with van der Waals surface area (Å²) in [6.45, 7) is 8.71. The predicted octanol–water partition coefficient (Wildman–Crippen LogP) is 5.78. The van der Waals surface area contributed by atoms with Crippen LogP contribution in [-0.4, -0.2) is 52.7 Å². The number of fused-ring (bicyclic) bond motifs is 1. The number of carboxylic acid groups (broad SMARTS) is 1. The fourth-order valence-electron chi connectivity index (χ4n) is 5.63. The normalized spacial score (nSPS) is 16.6. The molecule has 0 radical (unpaired) electrons. The monoisotopic (exact) mass is 572 g/mol. The number of ether oxygens (including phenoxy) is 3. The predicted molar refractivity (Wildman–Crippen MR) is 161 cm³/mol. The number of carboxylic acids is 1. The maximum absolute atomic E-state index is 11.5. The number of nitrogens with one attached hydrogen (secondary N) is 1. The Morgan fingerprint density at radius 1 is 1.12 bits per heavy atom. The van der Waals surface area contributed by atoms with Gasteiger partial charge in [-0.2, -0.15) is 9.78 Å². The van der Waals surface area contributed by atoms with Crippen LogP contribution in [0.4, 0.5) is 0 Å². The molecule has 3 aliphatic rings. The minimum Gasteiger partial charge on any atom is -0.488 e. The van der Waals surface area contributed by atoms with Crippen LogP contribution in [0.5, 0.6) is 5.88 Å². The van der Waals surface area contributed by atoms with Crippen molar-refractivity contribution in [2.45, 2.75) is 65.5 Å². The van der Waals surface area contributed by atoms with Gasteiger partial charge in [-0.25, -0.2) is 9.78 Å². The van der Waals surface area contributed by atoms with Gasteiger partial charge in [0.1, 0.15) is 17.9 Å². The second-order valence-corrected chi connectivity index (χ2v) is 10.8. The number of hydrogen-bond acceptors (Lipinski definition) is 7. The Bertz CT molecular complexity index is 1470. The maximum atomic E-state index is 11.5. The largest absolute Gasteiger partial charge is 0.488 e. The number of aromatic carboxylic acids is 1. The van der Waals surface area contributed by atoms with Gasteiger partial charge in [0.2, 0.25) is 5.88 Å². The zero-order chi connectivity index (χ0) is 29.5. The zero-order valence-corrected chi connectivity index (χ0v) is 24.7. The van der Waals surface area contributed by atoms with Crippen molar-refractivity contribution in [3.63, 3.8) is 0 Å². The Morgan fingerprint density at radius 3 is 2.67 bits per heavy atom. The summed E-state index contributed by atoms with van der Waals surface area (Å²) in [5, 5.41) is 17.1. The number of nitrogens with zero attached hydrogens (tertiary/aromatic N) is 3. The average Bonchev–Trinajstić information content (AvgIpc) is 3.47. The average molecular weight is 573 g/mol. The highest BCUT2D eigenvalue weighted by molar-refractivity contribution is 5.90. The number of pyridine rings is 1. The summed E-state index contributed by atoms with van der Waals surface area (Å²) in [7, 11) is 1.42. The number of rotatable bonds is 7. The van der Waals surface area contributed by atoms with Crippen LogP contribution in [0.15, 0.2) is 53.9 Å². The number of benzene rings is 1. The molecule has 222 valence electrons. The molecule has 42 heavy (non-hydrogen) atoms. The van der Waals surface area contributed by atoms with Gasteiger partial charge in [0.15, 0.2) is 5.82 Å². The summed E-state index contributed by atoms with van der Waals surface area (Å²) in [5.74, 6) is 0.348. The molecule has 1 aromatic carbocycles. The molecular formula is C33H40N4O5. The van der Waals surface area contributed by atoms with E-state index in [0.717, 1.165) is 62.6 Å². The molecule has 1 fully saturated rings. The van der Waals surface area contributed by atoms with Crippen LogP contribution in [0.2, 0.25) is 0 Å². The van der Waals surface area contributed by atoms with Crippen LogP contribution in [0, 0.1) is 6.92 Å². The first-order chi connectivity index (χ1) is 20.5. The molecule has 9 nitrogen and oxygen atoms in total. The molecule has 2 aromatic heterocycles. The Kier molecular flexibility index (Phi) is 9.71. The minimum absolute atomic E-state index is 0.0162. The van der Waals surface area contributed by atoms with E-state index in [1.54, 1.807) is 6.07 Å². The van der Waals surface area contributed by atoms with Crippen molar-refractivity contribution < 1.29 is 24.1 Å². The van der Waals surface area contributed by atoms with E-state index in [9.17, 15) is 9.90 Å². The summed E-state index contributed by atoms with van der Waals surface area (Å²) < 4.78 is 18.3. The molecule has 1 saturated heterocycles. The van der Waals surface area contributed by atoms with Gasteiger partial charge in [0.05, 0.1) is 19.0 Å². The molecule has 0 saturated carbocycles. The van der Waals surface area contributed by atoms with Gasteiger partial charge in [0.25, 0.3) is 0 Å². The van der Waals surface area contributed by atoms with E-state index < -0.39 is 5.97 Å². The number of aromatic nitrogens is 3. The molecule has 1 aliphatic carbocycles. The number of allylic oxidation sites excluding steroid dienone is 3. The van der Waals surface area contributed by atoms with Gasteiger partial charge in [-0.05, 0) is 98.9 Å². The van der Waals surface area contributed by atoms with Gasteiger partial charge >= 0.3 is 5.97 Å². The Balaban J connectivity index is 0.000000524. The first kappa shape index (κ1) is 29.5. The van der Waals surface area contributed by atoms with E-state index in [4.69, 9.17) is 19.2 Å². The molecule has 6 rings (SSSR count). The van der Waals surface area contributed by atoms with E-state index in [2.05, 4.69) is 42.5 Å². The highest BCUT2D eigenvalue weighted by Gasteiger charge is 2.22. The van der Waals surface area contributed by atoms with Crippen molar-refractivity contribution in [2.75, 3.05) is 26.9 Å². The summed E-state index contributed by atoms with van der Waals surface area (Å²) in [6, 6.07) is 9.97. The standard InChI is InChI=1S/C28H30N4O4.C5H10O/c1-17-6-4-7-22(26(17)36-16-20-11-10-19-14-29-13-12-21(19)18(20)2)24-8-5-9-25(31-24)32-27(35-3)23(15-30-32)28(33)34;1-2-4-6-5-3-1/h5,7-11,15,29H,4,6,12-14,16H2,1-3H3,(H,33,34);1-5H2. The molecular weight excluding hydrogens is 532 g/mol. The first-order valence-corrected chi connectivity index (χ1v) is 14.7. The van der Waals surface area contributed by atoms with Gasteiger partial charge in [-0.15, -0.1) is 0 Å². The fourth-order valence-corrected chi connectivity index (χ4v) is 5.63. The van der Waals surface area contributed by atoms with Crippen LogP contribution >= 0.6 is 0 Å². The van der Waals surface area contributed by atoms with Crippen molar-refractivity contribution in [3.05, 3.63) is 87.4 Å². The molecule has 3 aromatic rings. The lowest BCUT2D eigenvalue weighted by atomic mass is 9.92. The summed E-state index contributed by atoms with van der Waals surface area (Å²) in [6.07, 6.45) is 10.2. The van der Waals surface area contributed by atoms with Crippen LogP contribution < -0.4 is 10.1 Å². The maximum Gasteiger partial charge on any atom is 0.342 e. The molecule has 0 atom stereocenters. The molecule has 0 bridgehead atoms. The van der Waals surface area contributed by atoms with Gasteiger partial charge in [-0.1, -0.05) is 24.3 Å². The molecule has 2 N–H and O–H groups in total. The number of methoxy groups -OCH3 is 1. The second-order valence-electron chi connectivity index (χ2n) is 10.8. The van der Waals surface area contributed by atoms with Crippen molar-refractivity contribution in [1.82, 2.24) is 20.1 Å². The molecule has 9 heteroatoms. The van der Waals surface area contributed by atoms with Crippen molar-refractivity contribution in [2.24, 2.45) is 0 Å². The SMILES string of the molecule is C1CCOCC1.COc1c(C(=O)O)cnn1-c1cccc(C2=CCCC(C)=C2OCc2ccc3c(c2C)CCNC3)n1. The minimum atomic E-state index is -1.10. The fraction of sp³-hybridized carbons (Fsp3) is 0.424. The smallest absolute Gasteiger partial charge is 0.342 e. The van der Waals surface area contributed by atoms with Crippen LogP contribution in [0.25, 0.3) is 11.4 Å². The van der Waals surface area contributed by atoms with E-state index >= 15 is 0 Å². The lowest BCUT2D eigenvalue weighted by Gasteiger charge is -2.24. The van der Waals surface area contributed by atoms with Gasteiger partial charge < -0.3 is 24.6 Å². The molecule has 0 amide bonds. The lowest BCUT2D eigenvalue weighted by molar-refractivity contribution is 0.0693. The topological polar surface area (TPSA) is 108 Å². The summed E-state index contributed by atoms with van der Waals surface area (Å²) in [4.78, 5) is 16.3. The first-order valence-electron chi connectivity index (χ1n) is 14.7. The third-order valence-electron chi connectivity index (χ3n) is 8.00. The van der Waals surface area contributed by atoms with Gasteiger partial charge in [-0.3, -0.25) is 0 Å². The van der Waals surface area contributed by atoms with E-state index in [1.807, 2.05) is 12.1 Å². The Hall–Kier alpha value is -3.95. The van der Waals surface area contributed by atoms with E-state index in [0.29, 0.717) is 12.4 Å². The summed E-state index contributed by atoms with van der Waals surface area (Å²) >= 11 is 0. The Labute approximate surface area is 247 Å². The second kappa shape index (κ2) is 13.8. The Morgan fingerprint density at radius 2 is 1.95 bits per heavy atom. The summed E-state index contributed by atoms with van der Waals surface area (Å²) in [5.41, 5.74) is 8.16. The van der Waals surface area contributed by atoms with Crippen LogP contribution in [0.1, 0.15) is 77.3 Å². The highest BCUT2D eigenvalue weighted by Crippen LogP contribution is 2.34. The van der Waals surface area contributed by atoms with Crippen molar-refractivity contribution >= 4 is 11.5 Å². The number of hydrogen-bond donors (Lipinski definition) is 2. The van der Waals surface area contributed by atoms with Crippen molar-refractivity contribution in [3.8, 4) is 11.7 Å². The molecule has 2 aliphatic heterocycles. The quantitative estimate of drug-likeness (QED) is 0.367.